The summed E-state index contributed by atoms with van der Waals surface area (Å²) >= 11 is 0. The van der Waals surface area contributed by atoms with Gasteiger partial charge in [0.2, 0.25) is 0 Å². The average molecular weight is 338 g/mol. The molecule has 3 rings (SSSR count). The van der Waals surface area contributed by atoms with Gasteiger partial charge in [0.15, 0.2) is 0 Å². The van der Waals surface area contributed by atoms with Crippen LogP contribution in [0.4, 0.5) is 4.79 Å². The Morgan fingerprint density at radius 1 is 1.17 bits per heavy atom. The van der Waals surface area contributed by atoms with E-state index in [1.165, 1.54) is 25.7 Å². The summed E-state index contributed by atoms with van der Waals surface area (Å²) in [5.41, 5.74) is 0.276. The van der Waals surface area contributed by atoms with Crippen LogP contribution in [0, 0.1) is 16.7 Å². The van der Waals surface area contributed by atoms with Gasteiger partial charge in [-0.15, -0.1) is 0 Å². The average Bonchev–Trinajstić information content (AvgIpc) is 3.05. The maximum absolute atomic E-state index is 12.8. The number of rotatable bonds is 3. The van der Waals surface area contributed by atoms with Crippen LogP contribution in [0.5, 0.6) is 0 Å². The molecule has 3 aliphatic rings. The lowest BCUT2D eigenvalue weighted by Crippen LogP contribution is -2.50. The fourth-order valence-electron chi connectivity index (χ4n) is 4.54. The third-order valence-corrected chi connectivity index (χ3v) is 6.44. The van der Waals surface area contributed by atoms with Crippen molar-refractivity contribution < 1.29 is 14.3 Å². The van der Waals surface area contributed by atoms with Gasteiger partial charge in [0.25, 0.3) is 0 Å². The molecule has 0 aromatic rings. The monoisotopic (exact) mass is 338 g/mol. The predicted octanol–water partition coefficient (Wildman–Crippen LogP) is 3.04. The van der Waals surface area contributed by atoms with E-state index in [0.717, 1.165) is 51.7 Å². The number of carbonyl (C=O) groups is 1. The van der Waals surface area contributed by atoms with E-state index in [0.29, 0.717) is 13.2 Å². The highest BCUT2D eigenvalue weighted by Crippen LogP contribution is 2.39. The number of hydrogen-bond donors (Lipinski definition) is 1. The van der Waals surface area contributed by atoms with E-state index in [2.05, 4.69) is 19.2 Å². The minimum atomic E-state index is 0.0810. The van der Waals surface area contributed by atoms with E-state index in [-0.39, 0.29) is 16.9 Å². The molecular weight excluding hydrogens is 304 g/mol. The first-order chi connectivity index (χ1) is 11.5. The van der Waals surface area contributed by atoms with Crippen LogP contribution in [0.1, 0.15) is 52.4 Å². The van der Waals surface area contributed by atoms with Crippen LogP contribution in [0.2, 0.25) is 0 Å². The molecule has 1 N–H and O–H groups in total. The second kappa shape index (κ2) is 7.61. The van der Waals surface area contributed by atoms with Gasteiger partial charge < -0.3 is 19.7 Å². The molecule has 0 bridgehead atoms. The third-order valence-electron chi connectivity index (χ3n) is 6.44. The predicted molar refractivity (Wildman–Crippen MR) is 94.0 cm³/mol. The first-order valence-corrected chi connectivity index (χ1v) is 9.69. The highest BCUT2D eigenvalue weighted by Gasteiger charge is 2.38. The molecule has 1 aliphatic carbocycles. The van der Waals surface area contributed by atoms with Crippen molar-refractivity contribution in [3.63, 3.8) is 0 Å². The normalized spacial score (nSPS) is 25.7. The van der Waals surface area contributed by atoms with Crippen LogP contribution in [-0.2, 0) is 9.47 Å². The minimum Gasteiger partial charge on any atom is -0.381 e. The Hall–Kier alpha value is -0.810. The van der Waals surface area contributed by atoms with Crippen molar-refractivity contribution in [3.05, 3.63) is 0 Å². The summed E-state index contributed by atoms with van der Waals surface area (Å²) in [6, 6.07) is 0.0810. The van der Waals surface area contributed by atoms with Gasteiger partial charge in [-0.3, -0.25) is 0 Å². The van der Waals surface area contributed by atoms with Gasteiger partial charge in [0, 0.05) is 38.3 Å². The van der Waals surface area contributed by atoms with Crippen LogP contribution >= 0.6 is 0 Å². The number of amides is 2. The molecule has 24 heavy (non-hydrogen) atoms. The van der Waals surface area contributed by atoms with Crippen molar-refractivity contribution in [2.75, 3.05) is 46.1 Å². The van der Waals surface area contributed by atoms with Gasteiger partial charge in [-0.1, -0.05) is 26.7 Å². The zero-order valence-electron chi connectivity index (χ0n) is 15.4. The molecule has 5 heteroatoms. The number of ether oxygens (including phenoxy) is 2. The Labute approximate surface area is 146 Å². The highest BCUT2D eigenvalue weighted by atomic mass is 16.5. The SMILES string of the molecule is CC(C)(CNC(=O)N1CCOCC2(CCOCC2)C1)C1CCCC1. The Kier molecular flexibility index (Phi) is 5.70. The van der Waals surface area contributed by atoms with E-state index in [4.69, 9.17) is 9.47 Å². The van der Waals surface area contributed by atoms with Crippen molar-refractivity contribution in [2.45, 2.75) is 52.4 Å². The Balaban J connectivity index is 1.55. The van der Waals surface area contributed by atoms with Gasteiger partial charge in [-0.2, -0.15) is 0 Å². The largest absolute Gasteiger partial charge is 0.381 e. The second-order valence-corrected chi connectivity index (χ2v) is 8.72. The maximum Gasteiger partial charge on any atom is 0.317 e. The summed E-state index contributed by atoms with van der Waals surface area (Å²) in [4.78, 5) is 14.7. The summed E-state index contributed by atoms with van der Waals surface area (Å²) in [6.45, 7) is 9.83. The number of nitrogens with one attached hydrogen (secondary N) is 1. The minimum absolute atomic E-state index is 0.0810. The zero-order chi connectivity index (χ0) is 17.0. The number of carbonyl (C=O) groups excluding carboxylic acids is 1. The first kappa shape index (κ1) is 18.0. The summed E-state index contributed by atoms with van der Waals surface area (Å²) < 4.78 is 11.3. The van der Waals surface area contributed by atoms with E-state index in [1.54, 1.807) is 0 Å². The number of hydrogen-bond acceptors (Lipinski definition) is 3. The van der Waals surface area contributed by atoms with Gasteiger partial charge in [-0.25, -0.2) is 4.79 Å². The van der Waals surface area contributed by atoms with E-state index >= 15 is 0 Å². The van der Waals surface area contributed by atoms with Crippen molar-refractivity contribution in [2.24, 2.45) is 16.7 Å². The molecule has 0 atom stereocenters. The standard InChI is InChI=1S/C19H34N2O3/c1-18(2,16-5-3-4-6-16)13-20-17(22)21-9-12-24-15-19(14-21)7-10-23-11-8-19/h16H,3-15H2,1-2H3,(H,20,22). The molecule has 1 saturated carbocycles. The molecule has 138 valence electrons. The lowest BCUT2D eigenvalue weighted by Gasteiger charge is -2.39. The molecule has 3 fully saturated rings. The Morgan fingerprint density at radius 3 is 2.58 bits per heavy atom. The van der Waals surface area contributed by atoms with Crippen LogP contribution in [0.25, 0.3) is 0 Å². The molecule has 2 amide bonds. The fraction of sp³-hybridized carbons (Fsp3) is 0.947. The maximum atomic E-state index is 12.8. The zero-order valence-corrected chi connectivity index (χ0v) is 15.4. The Morgan fingerprint density at radius 2 is 1.88 bits per heavy atom. The lowest BCUT2D eigenvalue weighted by molar-refractivity contribution is -0.0295. The van der Waals surface area contributed by atoms with Gasteiger partial charge in [-0.05, 0) is 37.0 Å². The van der Waals surface area contributed by atoms with Gasteiger partial charge in [0.1, 0.15) is 0 Å². The third kappa shape index (κ3) is 4.23. The smallest absolute Gasteiger partial charge is 0.317 e. The molecule has 5 nitrogen and oxygen atoms in total. The van der Waals surface area contributed by atoms with Crippen molar-refractivity contribution >= 4 is 6.03 Å². The molecule has 2 heterocycles. The van der Waals surface area contributed by atoms with E-state index in [9.17, 15) is 4.79 Å². The first-order valence-electron chi connectivity index (χ1n) is 9.69. The molecule has 0 unspecified atom stereocenters. The highest BCUT2D eigenvalue weighted by molar-refractivity contribution is 5.74. The summed E-state index contributed by atoms with van der Waals surface area (Å²) in [6.07, 6.45) is 7.29. The molecule has 2 saturated heterocycles. The van der Waals surface area contributed by atoms with Crippen LogP contribution in [0.3, 0.4) is 0 Å². The Bertz CT molecular complexity index is 426. The fourth-order valence-corrected chi connectivity index (χ4v) is 4.54. The van der Waals surface area contributed by atoms with Gasteiger partial charge in [0.05, 0.1) is 13.2 Å². The summed E-state index contributed by atoms with van der Waals surface area (Å²) in [5, 5.41) is 3.22. The molecule has 1 spiro atoms. The summed E-state index contributed by atoms with van der Waals surface area (Å²) in [5.74, 6) is 0.743. The van der Waals surface area contributed by atoms with E-state index < -0.39 is 0 Å². The molecular formula is C19H34N2O3. The molecule has 0 aromatic carbocycles. The topological polar surface area (TPSA) is 50.8 Å². The van der Waals surface area contributed by atoms with Crippen LogP contribution < -0.4 is 5.32 Å². The number of nitrogens with zero attached hydrogens (tertiary/aromatic N) is 1. The summed E-state index contributed by atoms with van der Waals surface area (Å²) in [7, 11) is 0. The lowest BCUT2D eigenvalue weighted by atomic mass is 9.78. The van der Waals surface area contributed by atoms with Crippen molar-refractivity contribution in [1.82, 2.24) is 10.2 Å². The van der Waals surface area contributed by atoms with Crippen molar-refractivity contribution in [1.29, 1.82) is 0 Å². The quantitative estimate of drug-likeness (QED) is 0.860. The number of urea groups is 1. The van der Waals surface area contributed by atoms with E-state index in [1.807, 2.05) is 4.90 Å². The molecule has 2 aliphatic heterocycles. The molecule has 0 aromatic heterocycles. The van der Waals surface area contributed by atoms with Crippen LogP contribution in [-0.4, -0.2) is 57.0 Å². The van der Waals surface area contributed by atoms with Crippen LogP contribution in [0.15, 0.2) is 0 Å². The molecule has 0 radical (unpaired) electrons. The van der Waals surface area contributed by atoms with Crippen molar-refractivity contribution in [3.8, 4) is 0 Å². The van der Waals surface area contributed by atoms with Gasteiger partial charge >= 0.3 is 6.03 Å². The second-order valence-electron chi connectivity index (χ2n) is 8.72.